The number of benzene rings is 7. The molecule has 4 heteroatoms. The van der Waals surface area contributed by atoms with E-state index in [0.29, 0.717) is 11.1 Å². The van der Waals surface area contributed by atoms with E-state index in [2.05, 4.69) is 92.7 Å². The van der Waals surface area contributed by atoms with Gasteiger partial charge in [0.05, 0.1) is 7.11 Å². The van der Waals surface area contributed by atoms with Crippen LogP contribution in [0.5, 0.6) is 11.5 Å². The summed E-state index contributed by atoms with van der Waals surface area (Å²) in [6.07, 6.45) is 5.92. The monoisotopic (exact) mass is 668 g/mol. The molecule has 248 valence electrons. The Balaban J connectivity index is 1.30. The quantitative estimate of drug-likeness (QED) is 0.182. The van der Waals surface area contributed by atoms with Crippen molar-refractivity contribution in [3.8, 4) is 44.9 Å². The average molecular weight is 669 g/mol. The van der Waals surface area contributed by atoms with E-state index >= 15 is 8.78 Å². The highest BCUT2D eigenvalue weighted by atomic mass is 19.1. The molecule has 0 bridgehead atoms. The van der Waals surface area contributed by atoms with E-state index in [1.165, 1.54) is 39.8 Å². The van der Waals surface area contributed by atoms with Crippen molar-refractivity contribution in [3.05, 3.63) is 161 Å². The van der Waals surface area contributed by atoms with Crippen LogP contribution in [0.4, 0.5) is 8.78 Å². The van der Waals surface area contributed by atoms with Crippen LogP contribution < -0.4 is 9.47 Å². The fourth-order valence-corrected chi connectivity index (χ4v) is 9.57. The third kappa shape index (κ3) is 3.85. The van der Waals surface area contributed by atoms with E-state index in [4.69, 9.17) is 9.47 Å². The zero-order valence-electron chi connectivity index (χ0n) is 28.6. The van der Waals surface area contributed by atoms with Gasteiger partial charge in [0.1, 0.15) is 23.1 Å². The number of hydrogen-bond acceptors (Lipinski definition) is 2. The summed E-state index contributed by atoms with van der Waals surface area (Å²) in [5.74, 6) is 0.788. The molecule has 0 N–H and O–H groups in total. The van der Waals surface area contributed by atoms with Crippen molar-refractivity contribution in [1.82, 2.24) is 0 Å². The minimum absolute atomic E-state index is 0.253. The minimum atomic E-state index is -1.07. The van der Waals surface area contributed by atoms with Gasteiger partial charge in [-0.3, -0.25) is 0 Å². The Kier molecular flexibility index (Phi) is 6.28. The van der Waals surface area contributed by atoms with Crippen LogP contribution in [0.3, 0.4) is 0 Å². The van der Waals surface area contributed by atoms with Gasteiger partial charge in [-0.1, -0.05) is 98.8 Å². The highest BCUT2D eigenvalue weighted by molar-refractivity contribution is 6.16. The van der Waals surface area contributed by atoms with Gasteiger partial charge in [-0.05, 0) is 116 Å². The maximum Gasteiger partial charge on any atom is 0.178 e. The molecule has 7 aromatic rings. The standard InChI is InChI=1S/C47H34F2O2/c1-4-46(5-2)41-26-29(49)16-20-37(41)43-35-19-15-28(48)25-39(35)45-38(44(43)46)23-24-47(51-45,27-13-17-30(50-3)18-14-27)40-22-21-34-32-10-7-6-9-31(32)33-11-8-12-36(40)42(33)34/h6-26H,4-5H2,1-3H3. The molecule has 0 spiro atoms. The second-order valence-corrected chi connectivity index (χ2v) is 14.0. The number of rotatable bonds is 5. The van der Waals surface area contributed by atoms with Crippen molar-refractivity contribution in [2.24, 2.45) is 0 Å². The molecule has 0 radical (unpaired) electrons. The zero-order valence-corrected chi connectivity index (χ0v) is 28.6. The molecule has 2 aliphatic carbocycles. The molecular formula is C47H34F2O2. The van der Waals surface area contributed by atoms with E-state index in [9.17, 15) is 0 Å². The molecule has 1 heterocycles. The van der Waals surface area contributed by atoms with Crippen LogP contribution in [0.1, 0.15) is 54.5 Å². The second-order valence-electron chi connectivity index (χ2n) is 14.0. The predicted molar refractivity (Wildman–Crippen MR) is 202 cm³/mol. The Bertz CT molecular complexity index is 2620. The van der Waals surface area contributed by atoms with Crippen LogP contribution in [-0.4, -0.2) is 7.11 Å². The topological polar surface area (TPSA) is 18.5 Å². The van der Waals surface area contributed by atoms with Crippen LogP contribution in [0.15, 0.2) is 121 Å². The fraction of sp³-hybridized carbons (Fsp3) is 0.149. The molecule has 51 heavy (non-hydrogen) atoms. The van der Waals surface area contributed by atoms with Crippen LogP contribution in [0, 0.1) is 11.6 Å². The highest BCUT2D eigenvalue weighted by Crippen LogP contribution is 2.61. The molecule has 0 fully saturated rings. The molecule has 1 aliphatic heterocycles. The van der Waals surface area contributed by atoms with Crippen LogP contribution in [0.25, 0.3) is 61.0 Å². The summed E-state index contributed by atoms with van der Waals surface area (Å²) < 4.78 is 43.6. The molecule has 7 aromatic carbocycles. The summed E-state index contributed by atoms with van der Waals surface area (Å²) in [6.45, 7) is 4.35. The lowest BCUT2D eigenvalue weighted by molar-refractivity contribution is 0.164. The Hall–Kier alpha value is -5.74. The first kappa shape index (κ1) is 30.1. The first-order valence-corrected chi connectivity index (χ1v) is 17.7. The first-order valence-electron chi connectivity index (χ1n) is 17.7. The van der Waals surface area contributed by atoms with Gasteiger partial charge in [0.25, 0.3) is 0 Å². The number of fused-ring (bicyclic) bond motifs is 11. The van der Waals surface area contributed by atoms with Crippen molar-refractivity contribution >= 4 is 27.6 Å². The molecule has 3 aliphatic rings. The van der Waals surface area contributed by atoms with Gasteiger partial charge >= 0.3 is 0 Å². The molecule has 0 saturated carbocycles. The van der Waals surface area contributed by atoms with Crippen molar-refractivity contribution < 1.29 is 18.3 Å². The van der Waals surface area contributed by atoms with Gasteiger partial charge in [-0.15, -0.1) is 0 Å². The molecule has 0 saturated heterocycles. The van der Waals surface area contributed by atoms with Gasteiger partial charge in [-0.2, -0.15) is 0 Å². The molecule has 0 amide bonds. The number of hydrogen-bond donors (Lipinski definition) is 0. The van der Waals surface area contributed by atoms with Crippen LogP contribution >= 0.6 is 0 Å². The summed E-state index contributed by atoms with van der Waals surface area (Å²) in [6, 6.07) is 37.6. The van der Waals surface area contributed by atoms with Crippen molar-refractivity contribution in [2.45, 2.75) is 37.7 Å². The molecule has 1 atom stereocenters. The van der Waals surface area contributed by atoms with Crippen LogP contribution in [-0.2, 0) is 11.0 Å². The van der Waals surface area contributed by atoms with Gasteiger partial charge in [0.2, 0.25) is 0 Å². The molecule has 10 rings (SSSR count). The van der Waals surface area contributed by atoms with Crippen molar-refractivity contribution in [1.29, 1.82) is 0 Å². The van der Waals surface area contributed by atoms with E-state index in [1.807, 2.05) is 24.3 Å². The summed E-state index contributed by atoms with van der Waals surface area (Å²) in [4.78, 5) is 0. The summed E-state index contributed by atoms with van der Waals surface area (Å²) in [5.41, 5.74) is 10.3. The van der Waals surface area contributed by atoms with E-state index in [1.54, 1.807) is 19.2 Å². The molecule has 2 nitrogen and oxygen atoms in total. The largest absolute Gasteiger partial charge is 0.497 e. The first-order chi connectivity index (χ1) is 24.9. The Morgan fingerprint density at radius 1 is 0.627 bits per heavy atom. The van der Waals surface area contributed by atoms with E-state index in [-0.39, 0.29) is 11.6 Å². The van der Waals surface area contributed by atoms with E-state index < -0.39 is 11.0 Å². The number of ether oxygens (including phenoxy) is 2. The third-order valence-electron chi connectivity index (χ3n) is 11.9. The Labute approximate surface area is 295 Å². The highest BCUT2D eigenvalue weighted by Gasteiger charge is 2.47. The lowest BCUT2D eigenvalue weighted by Crippen LogP contribution is -2.35. The lowest BCUT2D eigenvalue weighted by atomic mass is 9.71. The molecular weight excluding hydrogens is 635 g/mol. The molecule has 1 unspecified atom stereocenters. The normalized spacial score (nSPS) is 17.2. The van der Waals surface area contributed by atoms with Gasteiger partial charge < -0.3 is 9.47 Å². The smallest absolute Gasteiger partial charge is 0.178 e. The van der Waals surface area contributed by atoms with Crippen molar-refractivity contribution in [2.75, 3.05) is 7.11 Å². The van der Waals surface area contributed by atoms with Crippen LogP contribution in [0.2, 0.25) is 0 Å². The lowest BCUT2D eigenvalue weighted by Gasteiger charge is -2.40. The van der Waals surface area contributed by atoms with Gasteiger partial charge in [0.15, 0.2) is 5.60 Å². The SMILES string of the molecule is CCC1(CC)c2cc(F)ccc2-c2c1c1c(c3cc(F)ccc23)OC(c2ccc(OC)cc2)(c2ccc3c4c(cccc24)-c2ccccc2-3)C=C1. The summed E-state index contributed by atoms with van der Waals surface area (Å²) in [5, 5.41) is 3.89. The zero-order chi connectivity index (χ0) is 34.6. The van der Waals surface area contributed by atoms with Gasteiger partial charge in [-0.25, -0.2) is 8.78 Å². The van der Waals surface area contributed by atoms with E-state index in [0.717, 1.165) is 68.3 Å². The Morgan fingerprint density at radius 2 is 1.31 bits per heavy atom. The van der Waals surface area contributed by atoms with Crippen molar-refractivity contribution in [3.63, 3.8) is 0 Å². The molecule has 0 aromatic heterocycles. The second kappa shape index (κ2) is 10.6. The Morgan fingerprint density at radius 3 is 2.06 bits per heavy atom. The summed E-state index contributed by atoms with van der Waals surface area (Å²) >= 11 is 0. The van der Waals surface area contributed by atoms with Gasteiger partial charge in [0, 0.05) is 27.5 Å². The third-order valence-corrected chi connectivity index (χ3v) is 11.9. The maximum absolute atomic E-state index is 15.4. The average Bonchev–Trinajstić information content (AvgIpc) is 3.66. The maximum atomic E-state index is 15.4. The number of halogens is 2. The fourth-order valence-electron chi connectivity index (χ4n) is 9.57. The summed E-state index contributed by atoms with van der Waals surface area (Å²) in [7, 11) is 1.66. The minimum Gasteiger partial charge on any atom is -0.497 e. The number of methoxy groups -OCH3 is 1. The predicted octanol–water partition coefficient (Wildman–Crippen LogP) is 12.4.